The number of hydrogen-bond acceptors (Lipinski definition) is 7. The fraction of sp³-hybridized carbons (Fsp3) is 0.536. The zero-order valence-corrected chi connectivity index (χ0v) is 23.1. The van der Waals surface area contributed by atoms with Crippen molar-refractivity contribution in [2.24, 2.45) is 5.92 Å². The number of carbonyl (C=O) groups is 4. The lowest BCUT2D eigenvalue weighted by atomic mass is 9.86. The second-order valence-corrected chi connectivity index (χ2v) is 10.4. The van der Waals surface area contributed by atoms with Gasteiger partial charge in [-0.15, -0.1) is 0 Å². The van der Waals surface area contributed by atoms with E-state index in [1.807, 2.05) is 18.7 Å². The van der Waals surface area contributed by atoms with Crippen molar-refractivity contribution in [1.29, 1.82) is 0 Å². The number of urea groups is 1. The number of imide groups is 1. The summed E-state index contributed by atoms with van der Waals surface area (Å²) in [6, 6.07) is 2.00. The van der Waals surface area contributed by atoms with Crippen LogP contribution in [0.3, 0.4) is 0 Å². The molecular formula is C28H36FN5O6. The highest BCUT2D eigenvalue weighted by atomic mass is 19.1. The molecule has 0 bridgehead atoms. The monoisotopic (exact) mass is 557 g/mol. The molecule has 4 rings (SSSR count). The molecule has 2 aromatic rings. The summed E-state index contributed by atoms with van der Waals surface area (Å²) in [6.45, 7) is 6.80. The Morgan fingerprint density at radius 1 is 1.07 bits per heavy atom. The average Bonchev–Trinajstić information content (AvgIpc) is 2.93. The van der Waals surface area contributed by atoms with Gasteiger partial charge in [0.1, 0.15) is 11.4 Å². The number of nitrogens with zero attached hydrogens (tertiary/aromatic N) is 3. The Balaban J connectivity index is 1.45. The van der Waals surface area contributed by atoms with E-state index < -0.39 is 35.8 Å². The van der Waals surface area contributed by atoms with Gasteiger partial charge in [0.2, 0.25) is 11.3 Å². The van der Waals surface area contributed by atoms with Crippen molar-refractivity contribution in [2.45, 2.75) is 59.0 Å². The Labute approximate surface area is 231 Å². The van der Waals surface area contributed by atoms with Crippen LogP contribution in [0.4, 0.5) is 14.9 Å². The fourth-order valence-electron chi connectivity index (χ4n) is 5.42. The third-order valence-corrected chi connectivity index (χ3v) is 7.79. The molecule has 12 heteroatoms. The molecule has 0 radical (unpaired) electrons. The molecule has 1 saturated heterocycles. The lowest BCUT2D eigenvalue weighted by Gasteiger charge is -2.36. The van der Waals surface area contributed by atoms with Gasteiger partial charge in [-0.2, -0.15) is 0 Å². The van der Waals surface area contributed by atoms with E-state index in [1.165, 1.54) is 13.1 Å². The Kier molecular flexibility index (Phi) is 9.06. The summed E-state index contributed by atoms with van der Waals surface area (Å²) in [4.78, 5) is 65.5. The van der Waals surface area contributed by atoms with E-state index >= 15 is 4.39 Å². The van der Waals surface area contributed by atoms with Crippen molar-refractivity contribution >= 4 is 40.4 Å². The first kappa shape index (κ1) is 29.0. The standard InChI is InChI=1S/C28H36FN5O6/c1-4-32-15-20(27(38)40-16-25(36)31-28(39)30-22-8-6-5-7-17(22)2)26(37)19-13-21(29)24(14-23(19)32)34-11-9-33(10-12-34)18(3)35/h13-15,17,22H,4-12,16H2,1-3H3,(H2,30,31,36,39)/t17-,22+/m1/s1. The molecule has 4 amide bonds. The van der Waals surface area contributed by atoms with Crippen molar-refractivity contribution in [3.05, 3.63) is 39.9 Å². The molecule has 1 aliphatic carbocycles. The number of halogens is 1. The van der Waals surface area contributed by atoms with Gasteiger partial charge in [-0.3, -0.25) is 19.7 Å². The van der Waals surface area contributed by atoms with Gasteiger partial charge >= 0.3 is 12.0 Å². The normalized spacial score (nSPS) is 19.3. The number of rotatable bonds is 6. The summed E-state index contributed by atoms with van der Waals surface area (Å²) in [6.07, 6.45) is 5.28. The predicted octanol–water partition coefficient (Wildman–Crippen LogP) is 2.39. The van der Waals surface area contributed by atoms with Crippen LogP contribution in [0.1, 0.15) is 56.8 Å². The first-order chi connectivity index (χ1) is 19.1. The van der Waals surface area contributed by atoms with E-state index in [-0.39, 0.29) is 22.9 Å². The van der Waals surface area contributed by atoms with Gasteiger partial charge in [-0.1, -0.05) is 19.8 Å². The first-order valence-corrected chi connectivity index (χ1v) is 13.7. The van der Waals surface area contributed by atoms with Crippen molar-refractivity contribution in [3.63, 3.8) is 0 Å². The molecule has 1 aromatic heterocycles. The summed E-state index contributed by atoms with van der Waals surface area (Å²) in [5, 5.41) is 4.94. The summed E-state index contributed by atoms with van der Waals surface area (Å²) in [5.41, 5.74) is -0.308. The molecule has 1 aliphatic heterocycles. The highest BCUT2D eigenvalue weighted by Crippen LogP contribution is 2.27. The highest BCUT2D eigenvalue weighted by Gasteiger charge is 2.25. The first-order valence-electron chi connectivity index (χ1n) is 13.7. The largest absolute Gasteiger partial charge is 0.452 e. The predicted molar refractivity (Wildman–Crippen MR) is 147 cm³/mol. The summed E-state index contributed by atoms with van der Waals surface area (Å²) in [5.74, 6) is -2.22. The van der Waals surface area contributed by atoms with Crippen LogP contribution < -0.4 is 21.0 Å². The van der Waals surface area contributed by atoms with Crippen LogP contribution in [-0.4, -0.2) is 72.1 Å². The molecule has 1 saturated carbocycles. The summed E-state index contributed by atoms with van der Waals surface area (Å²) in [7, 11) is 0. The van der Waals surface area contributed by atoms with E-state index in [4.69, 9.17) is 4.74 Å². The molecule has 0 spiro atoms. The van der Waals surface area contributed by atoms with Crippen LogP contribution in [-0.2, 0) is 20.9 Å². The molecule has 40 heavy (non-hydrogen) atoms. The zero-order chi connectivity index (χ0) is 29.0. The van der Waals surface area contributed by atoms with Gasteiger partial charge in [0, 0.05) is 57.3 Å². The van der Waals surface area contributed by atoms with Crippen LogP contribution in [0.25, 0.3) is 10.9 Å². The van der Waals surface area contributed by atoms with E-state index in [0.717, 1.165) is 31.7 Å². The Morgan fingerprint density at radius 3 is 2.42 bits per heavy atom. The number of carbonyl (C=O) groups excluding carboxylic acids is 4. The van der Waals surface area contributed by atoms with Gasteiger partial charge in [-0.05, 0) is 37.8 Å². The van der Waals surface area contributed by atoms with Crippen LogP contribution in [0, 0.1) is 11.7 Å². The number of esters is 1. The molecule has 1 aromatic carbocycles. The number of nitrogens with one attached hydrogen (secondary N) is 2. The summed E-state index contributed by atoms with van der Waals surface area (Å²) >= 11 is 0. The number of anilines is 1. The van der Waals surface area contributed by atoms with E-state index in [9.17, 15) is 24.0 Å². The van der Waals surface area contributed by atoms with Crippen molar-refractivity contribution in [1.82, 2.24) is 20.1 Å². The lowest BCUT2D eigenvalue weighted by molar-refractivity contribution is -0.129. The minimum atomic E-state index is -1.05. The molecule has 2 atom stereocenters. The fourth-order valence-corrected chi connectivity index (χ4v) is 5.42. The van der Waals surface area contributed by atoms with Gasteiger partial charge in [-0.25, -0.2) is 14.0 Å². The van der Waals surface area contributed by atoms with E-state index in [0.29, 0.717) is 49.8 Å². The van der Waals surface area contributed by atoms with Crippen LogP contribution >= 0.6 is 0 Å². The second-order valence-electron chi connectivity index (χ2n) is 10.4. The maximum absolute atomic E-state index is 15.2. The van der Waals surface area contributed by atoms with Gasteiger partial charge in [0.05, 0.1) is 11.2 Å². The SMILES string of the molecule is CCn1cc(C(=O)OCC(=O)NC(=O)N[C@H]2CCCC[C@H]2C)c(=O)c2cc(F)c(N3CCN(C(C)=O)CC3)cc21. The molecule has 2 aliphatic rings. The van der Waals surface area contributed by atoms with E-state index in [1.54, 1.807) is 15.5 Å². The van der Waals surface area contributed by atoms with Gasteiger partial charge in [0.15, 0.2) is 6.61 Å². The maximum atomic E-state index is 15.2. The maximum Gasteiger partial charge on any atom is 0.344 e. The van der Waals surface area contributed by atoms with Crippen molar-refractivity contribution in [3.8, 4) is 0 Å². The van der Waals surface area contributed by atoms with Crippen LogP contribution in [0.5, 0.6) is 0 Å². The van der Waals surface area contributed by atoms with Crippen LogP contribution in [0.15, 0.2) is 23.1 Å². The van der Waals surface area contributed by atoms with Gasteiger partial charge < -0.3 is 24.4 Å². The topological polar surface area (TPSA) is 130 Å². The number of hydrogen-bond donors (Lipinski definition) is 2. The highest BCUT2D eigenvalue weighted by molar-refractivity contribution is 5.98. The Morgan fingerprint density at radius 2 is 1.77 bits per heavy atom. The lowest BCUT2D eigenvalue weighted by Crippen LogP contribution is -2.48. The molecular weight excluding hydrogens is 521 g/mol. The molecule has 2 heterocycles. The Bertz CT molecular complexity index is 1370. The molecule has 11 nitrogen and oxygen atoms in total. The quantitative estimate of drug-likeness (QED) is 0.522. The van der Waals surface area contributed by atoms with Crippen molar-refractivity contribution < 1.29 is 28.3 Å². The Hall–Kier alpha value is -3.96. The second kappa shape index (κ2) is 12.5. The molecule has 2 N–H and O–H groups in total. The third kappa shape index (κ3) is 6.43. The number of amides is 4. The number of fused-ring (bicyclic) bond motifs is 1. The van der Waals surface area contributed by atoms with Crippen molar-refractivity contribution in [2.75, 3.05) is 37.7 Å². The number of piperazine rings is 1. The van der Waals surface area contributed by atoms with E-state index in [2.05, 4.69) is 10.6 Å². The van der Waals surface area contributed by atoms with Crippen LogP contribution in [0.2, 0.25) is 0 Å². The minimum Gasteiger partial charge on any atom is -0.452 e. The zero-order valence-electron chi connectivity index (χ0n) is 23.1. The smallest absolute Gasteiger partial charge is 0.344 e. The minimum absolute atomic E-state index is 0.00496. The molecule has 0 unspecified atom stereocenters. The number of ether oxygens (including phenoxy) is 1. The number of aromatic nitrogens is 1. The number of benzene rings is 1. The van der Waals surface area contributed by atoms with Gasteiger partial charge in [0.25, 0.3) is 5.91 Å². The average molecular weight is 558 g/mol. The number of pyridine rings is 1. The summed E-state index contributed by atoms with van der Waals surface area (Å²) < 4.78 is 21.9. The molecule has 216 valence electrons. The number of aryl methyl sites for hydroxylation is 1. The third-order valence-electron chi connectivity index (χ3n) is 7.79. The molecule has 2 fully saturated rings.